The summed E-state index contributed by atoms with van der Waals surface area (Å²) in [5, 5.41) is 15.8. The molecule has 0 aromatic carbocycles. The molecule has 0 aromatic rings. The molecule has 0 radical (unpaired) electrons. The van der Waals surface area contributed by atoms with Gasteiger partial charge in [0.15, 0.2) is 0 Å². The molecule has 2 atom stereocenters. The summed E-state index contributed by atoms with van der Waals surface area (Å²) in [5.41, 5.74) is 0.531. The zero-order valence-electron chi connectivity index (χ0n) is 7.04. The molecule has 12 heavy (non-hydrogen) atoms. The van der Waals surface area contributed by atoms with E-state index in [1.54, 1.807) is 0 Å². The second kappa shape index (κ2) is 3.67. The van der Waals surface area contributed by atoms with Gasteiger partial charge in [0.25, 0.3) is 0 Å². The van der Waals surface area contributed by atoms with Crippen molar-refractivity contribution in [1.82, 2.24) is 0 Å². The Hall–Kier alpha value is -0.900. The summed E-state index contributed by atoms with van der Waals surface area (Å²) in [4.78, 5) is 10.1. The van der Waals surface area contributed by atoms with Crippen molar-refractivity contribution >= 4 is 11.7 Å². The van der Waals surface area contributed by atoms with E-state index < -0.39 is 5.97 Å². The maximum absolute atomic E-state index is 10.1. The van der Waals surface area contributed by atoms with Gasteiger partial charge in [-0.3, -0.25) is 4.79 Å². The first-order valence-electron chi connectivity index (χ1n) is 4.06. The standard InChI is InChI=1S/C8H13NO3/c1-5-8(12-5)6(9)3-2-4-7(10)11/h5,8-9H,2-4H2,1H3,(H,10,11). The highest BCUT2D eigenvalue weighted by Gasteiger charge is 2.37. The molecule has 1 aliphatic heterocycles. The maximum Gasteiger partial charge on any atom is 0.303 e. The van der Waals surface area contributed by atoms with Crippen LogP contribution < -0.4 is 0 Å². The Labute approximate surface area is 71.0 Å². The molecule has 0 bridgehead atoms. The Kier molecular flexibility index (Phi) is 2.81. The number of hydrogen-bond donors (Lipinski definition) is 2. The molecule has 1 aliphatic rings. The van der Waals surface area contributed by atoms with Crippen molar-refractivity contribution < 1.29 is 14.6 Å². The van der Waals surface area contributed by atoms with Crippen LogP contribution in [0.3, 0.4) is 0 Å². The van der Waals surface area contributed by atoms with E-state index in [1.165, 1.54) is 0 Å². The molecule has 0 aromatic heterocycles. The third-order valence-corrected chi connectivity index (χ3v) is 1.89. The monoisotopic (exact) mass is 171 g/mol. The van der Waals surface area contributed by atoms with Crippen molar-refractivity contribution in [3.63, 3.8) is 0 Å². The number of epoxide rings is 1. The Morgan fingerprint density at radius 1 is 1.58 bits per heavy atom. The van der Waals surface area contributed by atoms with Crippen LogP contribution in [0.1, 0.15) is 26.2 Å². The van der Waals surface area contributed by atoms with Gasteiger partial charge in [-0.2, -0.15) is 0 Å². The van der Waals surface area contributed by atoms with E-state index in [2.05, 4.69) is 0 Å². The van der Waals surface area contributed by atoms with Crippen LogP contribution in [0, 0.1) is 5.41 Å². The summed E-state index contributed by atoms with van der Waals surface area (Å²) in [6.45, 7) is 1.91. The predicted molar refractivity (Wildman–Crippen MR) is 43.5 cm³/mol. The van der Waals surface area contributed by atoms with Gasteiger partial charge in [-0.1, -0.05) is 0 Å². The van der Waals surface area contributed by atoms with Crippen LogP contribution >= 0.6 is 0 Å². The van der Waals surface area contributed by atoms with Gasteiger partial charge < -0.3 is 15.3 Å². The Bertz CT molecular complexity index is 202. The minimum atomic E-state index is -0.799. The van der Waals surface area contributed by atoms with E-state index >= 15 is 0 Å². The van der Waals surface area contributed by atoms with Crippen molar-refractivity contribution in [2.45, 2.75) is 38.4 Å². The topological polar surface area (TPSA) is 73.7 Å². The normalized spacial score (nSPS) is 26.8. The van der Waals surface area contributed by atoms with Crippen LogP contribution in [-0.4, -0.2) is 29.0 Å². The molecule has 0 saturated carbocycles. The van der Waals surface area contributed by atoms with Crippen LogP contribution in [0.5, 0.6) is 0 Å². The van der Waals surface area contributed by atoms with Gasteiger partial charge in [0.1, 0.15) is 6.10 Å². The van der Waals surface area contributed by atoms with Crippen LogP contribution in [0.15, 0.2) is 0 Å². The van der Waals surface area contributed by atoms with E-state index in [0.717, 1.165) is 0 Å². The van der Waals surface area contributed by atoms with Gasteiger partial charge in [-0.05, 0) is 19.8 Å². The van der Waals surface area contributed by atoms with E-state index in [9.17, 15) is 4.79 Å². The van der Waals surface area contributed by atoms with Gasteiger partial charge in [0.05, 0.1) is 6.10 Å². The molecule has 1 saturated heterocycles. The van der Waals surface area contributed by atoms with E-state index in [0.29, 0.717) is 18.6 Å². The van der Waals surface area contributed by atoms with Gasteiger partial charge in [0.2, 0.25) is 0 Å². The molecular formula is C8H13NO3. The number of ether oxygens (including phenoxy) is 1. The van der Waals surface area contributed by atoms with Crippen molar-refractivity contribution in [3.8, 4) is 0 Å². The molecule has 1 fully saturated rings. The SMILES string of the molecule is CC1OC1C(=N)CCCC(=O)O. The second-order valence-electron chi connectivity index (χ2n) is 3.03. The molecule has 4 nitrogen and oxygen atoms in total. The van der Waals surface area contributed by atoms with Crippen LogP contribution in [0.4, 0.5) is 0 Å². The first-order valence-corrected chi connectivity index (χ1v) is 4.06. The van der Waals surface area contributed by atoms with Crippen molar-refractivity contribution in [2.75, 3.05) is 0 Å². The van der Waals surface area contributed by atoms with Crippen molar-refractivity contribution in [3.05, 3.63) is 0 Å². The van der Waals surface area contributed by atoms with Crippen LogP contribution in [0.2, 0.25) is 0 Å². The third-order valence-electron chi connectivity index (χ3n) is 1.89. The van der Waals surface area contributed by atoms with Crippen LogP contribution in [-0.2, 0) is 9.53 Å². The van der Waals surface area contributed by atoms with E-state index in [1.807, 2.05) is 6.92 Å². The maximum atomic E-state index is 10.1. The lowest BCUT2D eigenvalue weighted by molar-refractivity contribution is -0.137. The summed E-state index contributed by atoms with van der Waals surface area (Å²) in [7, 11) is 0. The summed E-state index contributed by atoms with van der Waals surface area (Å²) >= 11 is 0. The third kappa shape index (κ3) is 2.62. The highest BCUT2D eigenvalue weighted by molar-refractivity contribution is 5.88. The van der Waals surface area contributed by atoms with Crippen LogP contribution in [0.25, 0.3) is 0 Å². The fraction of sp³-hybridized carbons (Fsp3) is 0.750. The number of hydrogen-bond acceptors (Lipinski definition) is 3. The minimum Gasteiger partial charge on any atom is -0.481 e. The highest BCUT2D eigenvalue weighted by atomic mass is 16.6. The number of rotatable bonds is 5. The molecule has 0 spiro atoms. The number of carbonyl (C=O) groups is 1. The molecule has 1 rings (SSSR count). The number of nitrogens with one attached hydrogen (secondary N) is 1. The fourth-order valence-electron chi connectivity index (χ4n) is 1.12. The summed E-state index contributed by atoms with van der Waals surface area (Å²) < 4.78 is 5.06. The average molecular weight is 171 g/mol. The Morgan fingerprint density at radius 3 is 2.58 bits per heavy atom. The van der Waals surface area contributed by atoms with Gasteiger partial charge in [-0.25, -0.2) is 0 Å². The largest absolute Gasteiger partial charge is 0.481 e. The molecule has 2 unspecified atom stereocenters. The second-order valence-corrected chi connectivity index (χ2v) is 3.03. The smallest absolute Gasteiger partial charge is 0.303 e. The number of aliphatic carboxylic acids is 1. The molecule has 1 heterocycles. The zero-order chi connectivity index (χ0) is 9.14. The van der Waals surface area contributed by atoms with Crippen molar-refractivity contribution in [1.29, 1.82) is 5.41 Å². The molecule has 2 N–H and O–H groups in total. The van der Waals surface area contributed by atoms with Gasteiger partial charge in [0, 0.05) is 12.1 Å². The molecular weight excluding hydrogens is 158 g/mol. The average Bonchev–Trinajstić information content (AvgIpc) is 2.66. The predicted octanol–water partition coefficient (Wildman–Crippen LogP) is 1.05. The number of carboxylic acids is 1. The molecule has 68 valence electrons. The highest BCUT2D eigenvalue weighted by Crippen LogP contribution is 2.23. The minimum absolute atomic E-state index is 0.0289. The van der Waals surface area contributed by atoms with E-state index in [4.69, 9.17) is 15.3 Å². The molecule has 4 heteroatoms. The quantitative estimate of drug-likeness (QED) is 0.479. The Balaban J connectivity index is 2.07. The van der Waals surface area contributed by atoms with Crippen molar-refractivity contribution in [2.24, 2.45) is 0 Å². The Morgan fingerprint density at radius 2 is 2.17 bits per heavy atom. The van der Waals surface area contributed by atoms with Gasteiger partial charge in [-0.15, -0.1) is 0 Å². The van der Waals surface area contributed by atoms with E-state index in [-0.39, 0.29) is 18.6 Å². The molecule has 0 amide bonds. The first-order chi connectivity index (χ1) is 5.61. The molecule has 0 aliphatic carbocycles. The lowest BCUT2D eigenvalue weighted by atomic mass is 10.1. The number of carboxylic acid groups (broad SMARTS) is 1. The lowest BCUT2D eigenvalue weighted by Gasteiger charge is -1.96. The first kappa shape index (κ1) is 9.19. The zero-order valence-corrected chi connectivity index (χ0v) is 7.04. The summed E-state index contributed by atoms with van der Waals surface area (Å²) in [5.74, 6) is -0.799. The van der Waals surface area contributed by atoms with Gasteiger partial charge >= 0.3 is 5.97 Å². The fourth-order valence-corrected chi connectivity index (χ4v) is 1.12. The lowest BCUT2D eigenvalue weighted by Crippen LogP contribution is -2.08. The summed E-state index contributed by atoms with van der Waals surface area (Å²) in [6.07, 6.45) is 1.37. The summed E-state index contributed by atoms with van der Waals surface area (Å²) in [6, 6.07) is 0.